The predicted molar refractivity (Wildman–Crippen MR) is 97.4 cm³/mol. The summed E-state index contributed by atoms with van der Waals surface area (Å²) < 4.78 is 6.35. The molecule has 25 heavy (non-hydrogen) atoms. The van der Waals surface area contributed by atoms with E-state index in [1.807, 2.05) is 36.9 Å². The van der Waals surface area contributed by atoms with Crippen molar-refractivity contribution in [2.24, 2.45) is 7.05 Å². The van der Waals surface area contributed by atoms with Crippen LogP contribution in [0.4, 0.5) is 0 Å². The topological polar surface area (TPSA) is 79.6 Å². The Morgan fingerprint density at radius 3 is 2.36 bits per heavy atom. The number of aryl methyl sites for hydroxylation is 3. The maximum Gasteiger partial charge on any atom is 0.332 e. The molecule has 3 aromatic rings. The second-order valence-electron chi connectivity index (χ2n) is 5.74. The van der Waals surface area contributed by atoms with E-state index < -0.39 is 0 Å². The first-order valence-corrected chi connectivity index (χ1v) is 8.42. The minimum absolute atomic E-state index is 0.305. The summed E-state index contributed by atoms with van der Waals surface area (Å²) in [6.07, 6.45) is 7.43. The molecule has 0 aromatic carbocycles. The summed E-state index contributed by atoms with van der Waals surface area (Å²) in [4.78, 5) is 29.6. The number of aromatic nitrogens is 6. The van der Waals surface area contributed by atoms with Crippen LogP contribution in [0.2, 0.25) is 0 Å². The highest BCUT2D eigenvalue weighted by Gasteiger charge is 2.17. The third kappa shape index (κ3) is 2.73. The second kappa shape index (κ2) is 6.54. The molecule has 0 bridgehead atoms. The molecule has 0 N–H and O–H groups in total. The quantitative estimate of drug-likeness (QED) is 0.700. The summed E-state index contributed by atoms with van der Waals surface area (Å²) in [5.41, 5.74) is 1.19. The Morgan fingerprint density at radius 2 is 1.76 bits per heavy atom. The molecule has 132 valence electrons. The fourth-order valence-corrected chi connectivity index (χ4v) is 2.90. The lowest BCUT2D eigenvalue weighted by Gasteiger charge is -2.08. The maximum atomic E-state index is 12.7. The smallest absolute Gasteiger partial charge is 0.322 e. The van der Waals surface area contributed by atoms with Crippen LogP contribution in [0, 0.1) is 0 Å². The minimum atomic E-state index is -0.319. The zero-order valence-corrected chi connectivity index (χ0v) is 14.9. The molecule has 0 radical (unpaired) electrons. The molecule has 3 aromatic heterocycles. The summed E-state index contributed by atoms with van der Waals surface area (Å²) in [5.74, 6) is 0.617. The monoisotopic (exact) mass is 342 g/mol. The van der Waals surface area contributed by atoms with Gasteiger partial charge in [0.15, 0.2) is 11.2 Å². The fraction of sp³-hybridized carbons (Fsp3) is 0.412. The molecular formula is C17H22N6O2. The normalized spacial score (nSPS) is 11.8. The molecule has 0 unspecified atom stereocenters. The first kappa shape index (κ1) is 16.9. The average Bonchev–Trinajstić information content (AvgIpc) is 3.18. The van der Waals surface area contributed by atoms with Gasteiger partial charge >= 0.3 is 5.69 Å². The minimum Gasteiger partial charge on any atom is -0.322 e. The zero-order valence-electron chi connectivity index (χ0n) is 14.9. The van der Waals surface area contributed by atoms with Gasteiger partial charge in [0, 0.05) is 38.4 Å². The van der Waals surface area contributed by atoms with Gasteiger partial charge in [-0.3, -0.25) is 18.6 Å². The van der Waals surface area contributed by atoms with Crippen LogP contribution in [0.25, 0.3) is 23.3 Å². The molecule has 8 heteroatoms. The lowest BCUT2D eigenvalue weighted by molar-refractivity contribution is 0.604. The SMILES string of the molecule is CCn1cc(/C=C/c2nc3c(c(=O)n(CC)c(=O)n3CC)n2C)cn1. The standard InChI is InChI=1S/C17H22N6O2/c1-5-21-11-12(10-18-21)8-9-13-19-15-14(20(13)4)16(24)23(7-3)17(25)22(15)6-2/h8-11H,5-7H2,1-4H3/b9-8+. The van der Waals surface area contributed by atoms with Crippen LogP contribution in [0.3, 0.4) is 0 Å². The van der Waals surface area contributed by atoms with E-state index in [2.05, 4.69) is 10.1 Å². The van der Waals surface area contributed by atoms with Crippen molar-refractivity contribution < 1.29 is 0 Å². The van der Waals surface area contributed by atoms with Crippen molar-refractivity contribution >= 4 is 23.3 Å². The Hall–Kier alpha value is -2.90. The van der Waals surface area contributed by atoms with Gasteiger partial charge in [-0.25, -0.2) is 9.78 Å². The number of hydrogen-bond acceptors (Lipinski definition) is 4. The van der Waals surface area contributed by atoms with Gasteiger partial charge in [-0.15, -0.1) is 0 Å². The van der Waals surface area contributed by atoms with Crippen LogP contribution >= 0.6 is 0 Å². The highest BCUT2D eigenvalue weighted by Crippen LogP contribution is 2.13. The van der Waals surface area contributed by atoms with Gasteiger partial charge < -0.3 is 4.57 Å². The number of hydrogen-bond donors (Lipinski definition) is 0. The van der Waals surface area contributed by atoms with E-state index in [1.54, 1.807) is 24.7 Å². The Morgan fingerprint density at radius 1 is 1.04 bits per heavy atom. The summed E-state index contributed by atoms with van der Waals surface area (Å²) in [6, 6.07) is 0. The Bertz CT molecular complexity index is 1060. The van der Waals surface area contributed by atoms with E-state index in [0.29, 0.717) is 30.1 Å². The first-order valence-electron chi connectivity index (χ1n) is 8.42. The molecule has 0 spiro atoms. The summed E-state index contributed by atoms with van der Waals surface area (Å²) >= 11 is 0. The molecule has 0 aliphatic carbocycles. The molecule has 8 nitrogen and oxygen atoms in total. The molecule has 0 saturated heterocycles. The molecule has 3 heterocycles. The van der Waals surface area contributed by atoms with Gasteiger partial charge in [-0.1, -0.05) is 0 Å². The summed E-state index contributed by atoms with van der Waals surface area (Å²) in [7, 11) is 1.79. The molecule has 0 aliphatic heterocycles. The fourth-order valence-electron chi connectivity index (χ4n) is 2.90. The third-order valence-corrected chi connectivity index (χ3v) is 4.31. The van der Waals surface area contributed by atoms with Crippen LogP contribution in [0.5, 0.6) is 0 Å². The Balaban J connectivity index is 2.18. The van der Waals surface area contributed by atoms with Crippen molar-refractivity contribution in [3.8, 4) is 0 Å². The lowest BCUT2D eigenvalue weighted by atomic mass is 10.3. The van der Waals surface area contributed by atoms with E-state index in [1.165, 1.54) is 9.13 Å². The Labute approximate surface area is 144 Å². The molecule has 0 saturated carbocycles. The lowest BCUT2D eigenvalue weighted by Crippen LogP contribution is -2.39. The maximum absolute atomic E-state index is 12.7. The number of fused-ring (bicyclic) bond motifs is 1. The van der Waals surface area contributed by atoms with Gasteiger partial charge in [0.1, 0.15) is 5.82 Å². The van der Waals surface area contributed by atoms with E-state index in [9.17, 15) is 9.59 Å². The largest absolute Gasteiger partial charge is 0.332 e. The van der Waals surface area contributed by atoms with E-state index in [4.69, 9.17) is 0 Å². The highest BCUT2D eigenvalue weighted by atomic mass is 16.2. The molecule has 3 rings (SSSR count). The van der Waals surface area contributed by atoms with Gasteiger partial charge in [0.05, 0.1) is 6.20 Å². The van der Waals surface area contributed by atoms with Crippen molar-refractivity contribution in [2.75, 3.05) is 0 Å². The van der Waals surface area contributed by atoms with Crippen LogP contribution in [-0.4, -0.2) is 28.5 Å². The number of imidazole rings is 1. The highest BCUT2D eigenvalue weighted by molar-refractivity contribution is 5.76. The van der Waals surface area contributed by atoms with E-state index >= 15 is 0 Å². The molecule has 0 fully saturated rings. The van der Waals surface area contributed by atoms with Gasteiger partial charge in [-0.05, 0) is 32.9 Å². The van der Waals surface area contributed by atoms with Crippen molar-refractivity contribution in [1.82, 2.24) is 28.5 Å². The van der Waals surface area contributed by atoms with Crippen molar-refractivity contribution in [3.63, 3.8) is 0 Å². The Kier molecular flexibility index (Phi) is 4.43. The zero-order chi connectivity index (χ0) is 18.1. The van der Waals surface area contributed by atoms with E-state index in [-0.39, 0.29) is 11.2 Å². The molecular weight excluding hydrogens is 320 g/mol. The van der Waals surface area contributed by atoms with Crippen molar-refractivity contribution in [2.45, 2.75) is 40.4 Å². The number of rotatable bonds is 5. The van der Waals surface area contributed by atoms with Crippen molar-refractivity contribution in [3.05, 3.63) is 44.6 Å². The van der Waals surface area contributed by atoms with Gasteiger partial charge in [0.2, 0.25) is 0 Å². The molecule has 0 atom stereocenters. The van der Waals surface area contributed by atoms with Gasteiger partial charge in [-0.2, -0.15) is 5.10 Å². The van der Waals surface area contributed by atoms with E-state index in [0.717, 1.165) is 12.1 Å². The third-order valence-electron chi connectivity index (χ3n) is 4.31. The van der Waals surface area contributed by atoms with Crippen molar-refractivity contribution in [1.29, 1.82) is 0 Å². The first-order chi connectivity index (χ1) is 12.0. The second-order valence-corrected chi connectivity index (χ2v) is 5.74. The predicted octanol–water partition coefficient (Wildman–Crippen LogP) is 1.32. The van der Waals surface area contributed by atoms with Crippen LogP contribution in [0.1, 0.15) is 32.2 Å². The average molecular weight is 342 g/mol. The molecule has 0 aliphatic rings. The molecule has 0 amide bonds. The van der Waals surface area contributed by atoms with Gasteiger partial charge in [0.25, 0.3) is 5.56 Å². The van der Waals surface area contributed by atoms with Crippen LogP contribution in [0.15, 0.2) is 22.0 Å². The summed E-state index contributed by atoms with van der Waals surface area (Å²) in [5, 5.41) is 4.23. The summed E-state index contributed by atoms with van der Waals surface area (Å²) in [6.45, 7) is 7.28. The van der Waals surface area contributed by atoms with Crippen LogP contribution in [-0.2, 0) is 26.7 Å². The number of nitrogens with zero attached hydrogens (tertiary/aromatic N) is 6. The van der Waals surface area contributed by atoms with Crippen LogP contribution < -0.4 is 11.2 Å².